The maximum Gasteiger partial charge on any atom is 0.192 e. The van der Waals surface area contributed by atoms with E-state index in [0.29, 0.717) is 5.69 Å². The molecule has 0 saturated carbocycles. The first kappa shape index (κ1) is 10.4. The lowest BCUT2D eigenvalue weighted by Gasteiger charge is -2.00. The Hall–Kier alpha value is -1.13. The number of nitrogens with two attached hydrogens (primary N) is 1. The van der Waals surface area contributed by atoms with Gasteiger partial charge in [0, 0.05) is 22.4 Å². The van der Waals surface area contributed by atoms with Crippen molar-refractivity contribution in [2.75, 3.05) is 6.54 Å². The van der Waals surface area contributed by atoms with Gasteiger partial charge in [-0.1, -0.05) is 15.9 Å². The molecule has 0 aliphatic carbocycles. The van der Waals surface area contributed by atoms with E-state index in [1.807, 2.05) is 35.9 Å². The van der Waals surface area contributed by atoms with Crippen molar-refractivity contribution >= 4 is 32.6 Å². The number of aryl methyl sites for hydroxylation is 1. The average molecular weight is 267 g/mol. The minimum absolute atomic E-state index is 0.0372. The predicted octanol–water partition coefficient (Wildman–Crippen LogP) is 2.08. The number of Topliss-reactive ketones (excluding diaryl/α,β-unsaturated/α-hetero) is 1. The Labute approximate surface area is 96.0 Å². The van der Waals surface area contributed by atoms with Crippen molar-refractivity contribution in [2.45, 2.75) is 0 Å². The maximum atomic E-state index is 11.5. The largest absolute Gasteiger partial charge is 0.341 e. The average Bonchev–Trinajstić information content (AvgIpc) is 2.54. The van der Waals surface area contributed by atoms with E-state index < -0.39 is 0 Å². The van der Waals surface area contributed by atoms with Crippen LogP contribution in [-0.4, -0.2) is 16.9 Å². The molecular formula is C11H11BrN2O. The van der Waals surface area contributed by atoms with Gasteiger partial charge in [0.05, 0.1) is 12.2 Å². The topological polar surface area (TPSA) is 48.0 Å². The SMILES string of the molecule is Cn1c(C(=O)CN)cc2cc(Br)ccc21. The minimum atomic E-state index is -0.0372. The molecule has 2 N–H and O–H groups in total. The normalized spacial score (nSPS) is 10.9. The number of hydrogen-bond donors (Lipinski definition) is 1. The fourth-order valence-corrected chi connectivity index (χ4v) is 2.07. The van der Waals surface area contributed by atoms with Gasteiger partial charge >= 0.3 is 0 Å². The first-order chi connectivity index (χ1) is 7.13. The molecule has 0 unspecified atom stereocenters. The van der Waals surface area contributed by atoms with Crippen LogP contribution in [0, 0.1) is 0 Å². The van der Waals surface area contributed by atoms with Crippen LogP contribution in [0.15, 0.2) is 28.7 Å². The number of carbonyl (C=O) groups excluding carboxylic acids is 1. The van der Waals surface area contributed by atoms with Crippen molar-refractivity contribution in [1.29, 1.82) is 0 Å². The lowest BCUT2D eigenvalue weighted by atomic mass is 10.2. The Bertz CT molecular complexity index is 531. The minimum Gasteiger partial charge on any atom is -0.341 e. The Morgan fingerprint density at radius 3 is 2.87 bits per heavy atom. The summed E-state index contributed by atoms with van der Waals surface area (Å²) in [5.74, 6) is -0.0372. The maximum absolute atomic E-state index is 11.5. The second-order valence-corrected chi connectivity index (χ2v) is 4.33. The number of benzene rings is 1. The van der Waals surface area contributed by atoms with Crippen LogP contribution >= 0.6 is 15.9 Å². The third-order valence-corrected chi connectivity index (χ3v) is 2.97. The molecule has 2 rings (SSSR count). The summed E-state index contributed by atoms with van der Waals surface area (Å²) >= 11 is 3.40. The van der Waals surface area contributed by atoms with Crippen LogP contribution in [0.4, 0.5) is 0 Å². The smallest absolute Gasteiger partial charge is 0.192 e. The molecular weight excluding hydrogens is 256 g/mol. The van der Waals surface area contributed by atoms with Gasteiger partial charge < -0.3 is 10.3 Å². The monoisotopic (exact) mass is 266 g/mol. The zero-order valence-electron chi connectivity index (χ0n) is 8.33. The number of fused-ring (bicyclic) bond motifs is 1. The van der Waals surface area contributed by atoms with Crippen LogP contribution < -0.4 is 5.73 Å². The highest BCUT2D eigenvalue weighted by Crippen LogP contribution is 2.22. The molecule has 0 aliphatic heterocycles. The van der Waals surface area contributed by atoms with Gasteiger partial charge in [-0.05, 0) is 24.3 Å². The number of halogens is 1. The lowest BCUT2D eigenvalue weighted by molar-refractivity contribution is 0.0994. The Morgan fingerprint density at radius 1 is 1.47 bits per heavy atom. The van der Waals surface area contributed by atoms with E-state index in [4.69, 9.17) is 5.73 Å². The summed E-state index contributed by atoms with van der Waals surface area (Å²) in [5, 5.41) is 1.05. The molecule has 0 bridgehead atoms. The molecule has 0 spiro atoms. The van der Waals surface area contributed by atoms with E-state index in [1.165, 1.54) is 0 Å². The number of ketones is 1. The number of hydrogen-bond acceptors (Lipinski definition) is 2. The summed E-state index contributed by atoms with van der Waals surface area (Å²) in [6, 6.07) is 7.80. The molecule has 3 nitrogen and oxygen atoms in total. The van der Waals surface area contributed by atoms with Gasteiger partial charge in [-0.25, -0.2) is 0 Å². The number of rotatable bonds is 2. The summed E-state index contributed by atoms with van der Waals surface area (Å²) < 4.78 is 2.88. The lowest BCUT2D eigenvalue weighted by Crippen LogP contribution is -2.16. The van der Waals surface area contributed by atoms with Crippen LogP contribution in [0.5, 0.6) is 0 Å². The summed E-state index contributed by atoms with van der Waals surface area (Å²) in [7, 11) is 1.87. The fourth-order valence-electron chi connectivity index (χ4n) is 1.69. The predicted molar refractivity (Wildman–Crippen MR) is 64.0 cm³/mol. The zero-order chi connectivity index (χ0) is 11.0. The molecule has 15 heavy (non-hydrogen) atoms. The van der Waals surface area contributed by atoms with E-state index in [2.05, 4.69) is 15.9 Å². The number of aromatic nitrogens is 1. The standard InChI is InChI=1S/C11H11BrN2O/c1-14-9-3-2-8(12)4-7(9)5-10(14)11(15)6-13/h2-5H,6,13H2,1H3. The van der Waals surface area contributed by atoms with E-state index >= 15 is 0 Å². The third-order valence-electron chi connectivity index (χ3n) is 2.48. The molecule has 0 fully saturated rings. The van der Waals surface area contributed by atoms with Gasteiger partial charge in [-0.15, -0.1) is 0 Å². The van der Waals surface area contributed by atoms with Gasteiger partial charge in [-0.2, -0.15) is 0 Å². The summed E-state index contributed by atoms with van der Waals surface area (Å²) in [6.07, 6.45) is 0. The van der Waals surface area contributed by atoms with Gasteiger partial charge in [0.25, 0.3) is 0 Å². The molecule has 1 aromatic carbocycles. The van der Waals surface area contributed by atoms with Crippen molar-refractivity contribution in [2.24, 2.45) is 12.8 Å². The summed E-state index contributed by atoms with van der Waals surface area (Å²) in [5.41, 5.74) is 7.05. The Morgan fingerprint density at radius 2 is 2.20 bits per heavy atom. The van der Waals surface area contributed by atoms with Crippen LogP contribution in [0.1, 0.15) is 10.5 Å². The van der Waals surface area contributed by atoms with Crippen LogP contribution in [0.25, 0.3) is 10.9 Å². The number of nitrogens with zero attached hydrogens (tertiary/aromatic N) is 1. The molecule has 0 atom stereocenters. The first-order valence-electron chi connectivity index (χ1n) is 4.61. The van der Waals surface area contributed by atoms with Crippen molar-refractivity contribution < 1.29 is 4.79 Å². The highest BCUT2D eigenvalue weighted by atomic mass is 79.9. The molecule has 1 aromatic heterocycles. The van der Waals surface area contributed by atoms with Crippen molar-refractivity contribution in [3.63, 3.8) is 0 Å². The van der Waals surface area contributed by atoms with Gasteiger partial charge in [0.2, 0.25) is 0 Å². The highest BCUT2D eigenvalue weighted by Gasteiger charge is 2.11. The molecule has 2 aromatic rings. The third kappa shape index (κ3) is 1.70. The first-order valence-corrected chi connectivity index (χ1v) is 5.41. The summed E-state index contributed by atoms with van der Waals surface area (Å²) in [6.45, 7) is 0.0470. The zero-order valence-corrected chi connectivity index (χ0v) is 9.91. The van der Waals surface area contributed by atoms with E-state index in [1.54, 1.807) is 0 Å². The molecule has 0 aliphatic rings. The van der Waals surface area contributed by atoms with E-state index in [-0.39, 0.29) is 12.3 Å². The second kappa shape index (κ2) is 3.79. The molecule has 4 heteroatoms. The van der Waals surface area contributed by atoms with Crippen LogP contribution in [-0.2, 0) is 7.05 Å². The van der Waals surface area contributed by atoms with Crippen LogP contribution in [0.3, 0.4) is 0 Å². The number of carbonyl (C=O) groups is 1. The highest BCUT2D eigenvalue weighted by molar-refractivity contribution is 9.10. The molecule has 0 amide bonds. The van der Waals surface area contributed by atoms with Crippen molar-refractivity contribution in [3.8, 4) is 0 Å². The quantitative estimate of drug-likeness (QED) is 0.847. The Kier molecular flexibility index (Phi) is 2.63. The second-order valence-electron chi connectivity index (χ2n) is 3.42. The molecule has 78 valence electrons. The van der Waals surface area contributed by atoms with Crippen molar-refractivity contribution in [1.82, 2.24) is 4.57 Å². The van der Waals surface area contributed by atoms with E-state index in [0.717, 1.165) is 15.4 Å². The molecule has 0 radical (unpaired) electrons. The van der Waals surface area contributed by atoms with E-state index in [9.17, 15) is 4.79 Å². The van der Waals surface area contributed by atoms with Gasteiger partial charge in [0.15, 0.2) is 5.78 Å². The fraction of sp³-hybridized carbons (Fsp3) is 0.182. The van der Waals surface area contributed by atoms with Crippen LogP contribution in [0.2, 0.25) is 0 Å². The van der Waals surface area contributed by atoms with Crippen molar-refractivity contribution in [3.05, 3.63) is 34.4 Å². The molecule has 0 saturated heterocycles. The summed E-state index contributed by atoms with van der Waals surface area (Å²) in [4.78, 5) is 11.5. The Balaban J connectivity index is 2.69. The molecule has 1 heterocycles. The van der Waals surface area contributed by atoms with Gasteiger partial charge in [0.1, 0.15) is 0 Å². The van der Waals surface area contributed by atoms with Gasteiger partial charge in [-0.3, -0.25) is 4.79 Å².